The van der Waals surface area contributed by atoms with E-state index < -0.39 is 0 Å². The molecule has 12 aromatic carbocycles. The van der Waals surface area contributed by atoms with Crippen molar-refractivity contribution in [1.29, 1.82) is 0 Å². The molecule has 0 aliphatic carbocycles. The van der Waals surface area contributed by atoms with Gasteiger partial charge < -0.3 is 22.4 Å². The van der Waals surface area contributed by atoms with Crippen molar-refractivity contribution in [1.82, 2.24) is 9.13 Å². The topological polar surface area (TPSA) is 49.3 Å². The minimum atomic E-state index is 0.875. The first-order valence-corrected chi connectivity index (χ1v) is 28.3. The van der Waals surface area contributed by atoms with E-state index in [1.54, 1.807) is 0 Å². The summed E-state index contributed by atoms with van der Waals surface area (Å²) < 4.78 is 30.3. The molecule has 0 bridgehead atoms. The SMILES string of the molecule is c1ccc2c(c1)oc1ccc(-c3ccc4c(c3)c3c5oc6c(ccc7c6c6cc(-c8ccc9oc%10ccccc%10c9c8)ccc6n7-c6ccc7sc8ccccc8c7c6)c5ccc3n4-c3ccc4sc5ccccc5c4c3)cc12. The van der Waals surface area contributed by atoms with Crippen LogP contribution in [0.4, 0.5) is 0 Å². The van der Waals surface area contributed by atoms with Crippen LogP contribution in [0, 0.1) is 0 Å². The van der Waals surface area contributed by atoms with Gasteiger partial charge in [-0.15, -0.1) is 22.7 Å². The monoisotopic (exact) mass is 1040 g/mol. The van der Waals surface area contributed by atoms with Gasteiger partial charge in [0.1, 0.15) is 33.5 Å². The van der Waals surface area contributed by atoms with Crippen molar-refractivity contribution in [3.05, 3.63) is 231 Å². The van der Waals surface area contributed by atoms with Gasteiger partial charge in [-0.3, -0.25) is 0 Å². The molecule has 366 valence electrons. The highest BCUT2D eigenvalue weighted by Gasteiger charge is 2.25. The normalized spacial score (nSPS) is 12.6. The molecule has 0 aliphatic heterocycles. The molecule has 7 heterocycles. The largest absolute Gasteiger partial charge is 0.456 e. The summed E-state index contributed by atoms with van der Waals surface area (Å²) in [6, 6.07) is 84.3. The van der Waals surface area contributed by atoms with Crippen molar-refractivity contribution in [2.45, 2.75) is 0 Å². The lowest BCUT2D eigenvalue weighted by Gasteiger charge is -2.09. The van der Waals surface area contributed by atoms with Gasteiger partial charge in [0, 0.05) is 94.8 Å². The van der Waals surface area contributed by atoms with E-state index >= 15 is 0 Å². The summed E-state index contributed by atoms with van der Waals surface area (Å²) >= 11 is 3.70. The van der Waals surface area contributed by atoms with Gasteiger partial charge in [-0.1, -0.05) is 97.1 Å². The zero-order valence-corrected chi connectivity index (χ0v) is 43.5. The summed E-state index contributed by atoms with van der Waals surface area (Å²) in [5.74, 6) is 0. The van der Waals surface area contributed by atoms with Gasteiger partial charge in [0.2, 0.25) is 0 Å². The van der Waals surface area contributed by atoms with Gasteiger partial charge in [0.15, 0.2) is 0 Å². The highest BCUT2D eigenvalue weighted by Crippen LogP contribution is 2.48. The van der Waals surface area contributed by atoms with E-state index in [0.717, 1.165) is 143 Å². The van der Waals surface area contributed by atoms with Crippen molar-refractivity contribution >= 4 is 172 Å². The minimum absolute atomic E-state index is 0.875. The maximum Gasteiger partial charge on any atom is 0.145 e. The molecule has 0 N–H and O–H groups in total. The fourth-order valence-electron chi connectivity index (χ4n) is 13.3. The summed E-state index contributed by atoms with van der Waals surface area (Å²) in [5.41, 5.74) is 16.5. The number of para-hydroxylation sites is 2. The Balaban J connectivity index is 0.899. The summed E-state index contributed by atoms with van der Waals surface area (Å²) in [7, 11) is 0. The third-order valence-electron chi connectivity index (χ3n) is 16.9. The van der Waals surface area contributed by atoms with E-state index in [9.17, 15) is 0 Å². The molecular formula is C72H38N2O3S2. The Labute approximate surface area is 456 Å². The second-order valence-corrected chi connectivity index (χ2v) is 23.3. The second-order valence-electron chi connectivity index (χ2n) is 21.1. The Kier molecular flexibility index (Phi) is 8.23. The molecule has 7 heteroatoms. The van der Waals surface area contributed by atoms with Gasteiger partial charge in [-0.25, -0.2) is 0 Å². The van der Waals surface area contributed by atoms with E-state index in [1.165, 1.54) is 40.3 Å². The molecule has 19 aromatic rings. The number of thiophene rings is 2. The molecule has 0 fully saturated rings. The molecule has 0 amide bonds. The second kappa shape index (κ2) is 15.4. The molecule has 19 rings (SSSR count). The van der Waals surface area contributed by atoms with Crippen LogP contribution in [0.5, 0.6) is 0 Å². The Morgan fingerprint density at radius 2 is 0.620 bits per heavy atom. The van der Waals surface area contributed by atoms with Crippen LogP contribution in [-0.2, 0) is 0 Å². The Morgan fingerprint density at radius 1 is 0.241 bits per heavy atom. The first-order chi connectivity index (χ1) is 39.1. The molecule has 0 saturated carbocycles. The molecule has 0 spiro atoms. The Hall–Kier alpha value is -9.92. The number of fused-ring (bicyclic) bond motifs is 23. The molecule has 0 radical (unpaired) electrons. The highest BCUT2D eigenvalue weighted by atomic mass is 32.1. The zero-order chi connectivity index (χ0) is 51.2. The predicted molar refractivity (Wildman–Crippen MR) is 334 cm³/mol. The fourth-order valence-corrected chi connectivity index (χ4v) is 15.5. The third-order valence-corrected chi connectivity index (χ3v) is 19.2. The van der Waals surface area contributed by atoms with Crippen LogP contribution in [0.25, 0.3) is 183 Å². The molecule has 7 aromatic heterocycles. The van der Waals surface area contributed by atoms with Crippen LogP contribution in [0.3, 0.4) is 0 Å². The molecule has 0 saturated heterocycles. The average Bonchev–Trinajstić information content (AvgIpc) is 4.43. The van der Waals surface area contributed by atoms with Crippen molar-refractivity contribution in [3.63, 3.8) is 0 Å². The first kappa shape index (κ1) is 42.2. The summed E-state index contributed by atoms with van der Waals surface area (Å²) in [6.45, 7) is 0. The Bertz CT molecular complexity index is 5530. The summed E-state index contributed by atoms with van der Waals surface area (Å²) in [5, 5.41) is 16.1. The minimum Gasteiger partial charge on any atom is -0.456 e. The number of aromatic nitrogens is 2. The number of nitrogens with zero attached hydrogens (tertiary/aromatic N) is 2. The molecule has 5 nitrogen and oxygen atoms in total. The van der Waals surface area contributed by atoms with Crippen LogP contribution >= 0.6 is 22.7 Å². The van der Waals surface area contributed by atoms with E-state index in [2.05, 4.69) is 215 Å². The van der Waals surface area contributed by atoms with Crippen molar-refractivity contribution < 1.29 is 13.3 Å². The smallest absolute Gasteiger partial charge is 0.145 e. The number of rotatable bonds is 4. The van der Waals surface area contributed by atoms with Gasteiger partial charge in [0.05, 0.1) is 32.8 Å². The number of hydrogen-bond acceptors (Lipinski definition) is 5. The number of hydrogen-bond donors (Lipinski definition) is 0. The average molecular weight is 1040 g/mol. The Morgan fingerprint density at radius 3 is 1.10 bits per heavy atom. The lowest BCUT2D eigenvalue weighted by atomic mass is 9.99. The van der Waals surface area contributed by atoms with E-state index in [-0.39, 0.29) is 0 Å². The standard InChI is InChI=1S/C72H38N2O3S2/c1-5-13-61-45(9-1)51-33-41(19-29-63(51)75-61)39-17-25-57-55(35-39)69-59(73(57)43-21-31-67-53(37-43)47-11-3-7-15-65(47)78-67)27-23-49-50-24-28-60-70(72(50)77-71(49)69)56-36-40(42-20-30-64-52(34-42)46-10-2-6-14-62(46)76-64)18-26-58(56)74(60)44-22-32-68-54(38-44)48-12-4-8-16-66(48)79-68/h1-38H. The number of benzene rings is 12. The van der Waals surface area contributed by atoms with Crippen LogP contribution in [0.2, 0.25) is 0 Å². The van der Waals surface area contributed by atoms with Crippen LogP contribution < -0.4 is 0 Å². The lowest BCUT2D eigenvalue weighted by molar-refractivity contribution is 0.668. The molecule has 79 heavy (non-hydrogen) atoms. The van der Waals surface area contributed by atoms with E-state index in [4.69, 9.17) is 13.3 Å². The van der Waals surface area contributed by atoms with Gasteiger partial charge in [0.25, 0.3) is 0 Å². The van der Waals surface area contributed by atoms with Crippen molar-refractivity contribution in [2.24, 2.45) is 0 Å². The zero-order valence-electron chi connectivity index (χ0n) is 41.9. The van der Waals surface area contributed by atoms with E-state index in [1.807, 2.05) is 46.9 Å². The van der Waals surface area contributed by atoms with Crippen LogP contribution in [0.15, 0.2) is 244 Å². The number of furan rings is 3. The fraction of sp³-hybridized carbons (Fsp3) is 0. The first-order valence-electron chi connectivity index (χ1n) is 26.7. The quantitative estimate of drug-likeness (QED) is 0.176. The lowest BCUT2D eigenvalue weighted by Crippen LogP contribution is -1.93. The maximum absolute atomic E-state index is 7.66. The van der Waals surface area contributed by atoms with Gasteiger partial charge in [-0.05, 0) is 156 Å². The molecule has 0 unspecified atom stereocenters. The summed E-state index contributed by atoms with van der Waals surface area (Å²) in [4.78, 5) is 0. The maximum atomic E-state index is 7.66. The molecule has 0 atom stereocenters. The predicted octanol–water partition coefficient (Wildman–Crippen LogP) is 21.6. The van der Waals surface area contributed by atoms with E-state index in [0.29, 0.717) is 0 Å². The van der Waals surface area contributed by atoms with Crippen LogP contribution in [0.1, 0.15) is 0 Å². The third kappa shape index (κ3) is 5.82. The molecule has 0 aliphatic rings. The van der Waals surface area contributed by atoms with Crippen molar-refractivity contribution in [3.8, 4) is 33.6 Å². The van der Waals surface area contributed by atoms with Crippen molar-refractivity contribution in [2.75, 3.05) is 0 Å². The van der Waals surface area contributed by atoms with Crippen LogP contribution in [-0.4, -0.2) is 9.13 Å². The summed E-state index contributed by atoms with van der Waals surface area (Å²) in [6.07, 6.45) is 0. The highest BCUT2D eigenvalue weighted by molar-refractivity contribution is 7.26. The van der Waals surface area contributed by atoms with Gasteiger partial charge >= 0.3 is 0 Å². The molecular weight excluding hydrogens is 1000 g/mol. The van der Waals surface area contributed by atoms with Gasteiger partial charge in [-0.2, -0.15) is 0 Å².